The average Bonchev–Trinajstić information content (AvgIpc) is 2.82. The maximum absolute atomic E-state index is 12.3. The lowest BCUT2D eigenvalue weighted by molar-refractivity contribution is 0.102. The van der Waals surface area contributed by atoms with Crippen LogP contribution in [0, 0.1) is 3.57 Å². The van der Waals surface area contributed by atoms with E-state index in [1.807, 2.05) is 24.3 Å². The van der Waals surface area contributed by atoms with Crippen molar-refractivity contribution in [3.8, 4) is 0 Å². The fraction of sp³-hybridized carbons (Fsp3) is 0. The topological polar surface area (TPSA) is 42.0 Å². The zero-order chi connectivity index (χ0) is 15.0. The summed E-state index contributed by atoms with van der Waals surface area (Å²) in [6.07, 6.45) is 0. The number of benzene rings is 2. The first-order valence-corrected chi connectivity index (χ1v) is 8.92. The molecule has 7 heteroatoms. The molecule has 1 N–H and O–H groups in total. The van der Waals surface area contributed by atoms with Crippen LogP contribution in [0.25, 0.3) is 10.2 Å². The highest BCUT2D eigenvalue weighted by Crippen LogP contribution is 2.29. The molecule has 0 fully saturated rings. The zero-order valence-electron chi connectivity index (χ0n) is 10.4. The minimum Gasteiger partial charge on any atom is -0.298 e. The predicted molar refractivity (Wildman–Crippen MR) is 99.4 cm³/mol. The lowest BCUT2D eigenvalue weighted by Crippen LogP contribution is -2.13. The summed E-state index contributed by atoms with van der Waals surface area (Å²) in [5, 5.41) is 4.06. The Kier molecular flexibility index (Phi) is 4.49. The molecule has 106 valence electrons. The number of anilines is 1. The van der Waals surface area contributed by atoms with Crippen LogP contribution < -0.4 is 5.32 Å². The first-order valence-electron chi connectivity index (χ1n) is 5.85. The van der Waals surface area contributed by atoms with Crippen molar-refractivity contribution >= 4 is 82.7 Å². The van der Waals surface area contributed by atoms with E-state index in [1.54, 1.807) is 12.1 Å². The van der Waals surface area contributed by atoms with E-state index in [1.165, 1.54) is 11.3 Å². The van der Waals surface area contributed by atoms with Crippen LogP contribution in [-0.2, 0) is 0 Å². The SMILES string of the molecule is O=C(Nc1nc2ccc(Cl)cc2s1)c1cc(Br)ccc1I. The van der Waals surface area contributed by atoms with E-state index in [0.29, 0.717) is 15.7 Å². The molecule has 1 amide bonds. The molecule has 3 rings (SSSR count). The van der Waals surface area contributed by atoms with Crippen LogP contribution in [0.3, 0.4) is 0 Å². The van der Waals surface area contributed by atoms with E-state index >= 15 is 0 Å². The lowest BCUT2D eigenvalue weighted by atomic mass is 10.2. The van der Waals surface area contributed by atoms with Crippen LogP contribution in [-0.4, -0.2) is 10.9 Å². The van der Waals surface area contributed by atoms with Gasteiger partial charge >= 0.3 is 0 Å². The predicted octanol–water partition coefficient (Wildman–Crippen LogP) is 5.57. The average molecular weight is 494 g/mol. The Hall–Kier alpha value is -0.700. The van der Waals surface area contributed by atoms with E-state index in [0.717, 1.165) is 18.3 Å². The monoisotopic (exact) mass is 492 g/mol. The number of aromatic nitrogens is 1. The van der Waals surface area contributed by atoms with Crippen molar-refractivity contribution in [2.24, 2.45) is 0 Å². The summed E-state index contributed by atoms with van der Waals surface area (Å²) >= 11 is 12.9. The van der Waals surface area contributed by atoms with Crippen molar-refractivity contribution in [2.45, 2.75) is 0 Å². The quantitative estimate of drug-likeness (QED) is 0.475. The summed E-state index contributed by atoms with van der Waals surface area (Å²) in [6, 6.07) is 11.0. The smallest absolute Gasteiger partial charge is 0.258 e. The summed E-state index contributed by atoms with van der Waals surface area (Å²) in [5.74, 6) is -0.175. The molecule has 3 nitrogen and oxygen atoms in total. The van der Waals surface area contributed by atoms with Crippen LogP contribution in [0.1, 0.15) is 10.4 Å². The second-order valence-electron chi connectivity index (χ2n) is 4.21. The van der Waals surface area contributed by atoms with Gasteiger partial charge in [0.25, 0.3) is 5.91 Å². The third kappa shape index (κ3) is 3.39. The molecular weight excluding hydrogens is 486 g/mol. The Labute approximate surface area is 152 Å². The molecule has 3 aromatic rings. The molecule has 21 heavy (non-hydrogen) atoms. The number of halogens is 3. The lowest BCUT2D eigenvalue weighted by Gasteiger charge is -2.04. The van der Waals surface area contributed by atoms with E-state index < -0.39 is 0 Å². The van der Waals surface area contributed by atoms with Crippen LogP contribution in [0.5, 0.6) is 0 Å². The molecule has 0 unspecified atom stereocenters. The fourth-order valence-corrected chi connectivity index (χ4v) is 3.87. The van der Waals surface area contributed by atoms with Crippen molar-refractivity contribution in [2.75, 3.05) is 5.32 Å². The summed E-state index contributed by atoms with van der Waals surface area (Å²) in [7, 11) is 0. The molecule has 0 saturated heterocycles. The normalized spacial score (nSPS) is 10.8. The number of hydrogen-bond acceptors (Lipinski definition) is 3. The van der Waals surface area contributed by atoms with Gasteiger partial charge in [0.1, 0.15) is 0 Å². The van der Waals surface area contributed by atoms with Gasteiger partial charge in [0.15, 0.2) is 5.13 Å². The zero-order valence-corrected chi connectivity index (χ0v) is 15.7. The van der Waals surface area contributed by atoms with Crippen molar-refractivity contribution < 1.29 is 4.79 Å². The molecule has 1 heterocycles. The van der Waals surface area contributed by atoms with Crippen LogP contribution in [0.4, 0.5) is 5.13 Å². The highest BCUT2D eigenvalue weighted by atomic mass is 127. The summed E-state index contributed by atoms with van der Waals surface area (Å²) < 4.78 is 2.70. The van der Waals surface area contributed by atoms with Gasteiger partial charge in [0, 0.05) is 13.1 Å². The molecular formula is C14H7BrClIN2OS. The largest absolute Gasteiger partial charge is 0.298 e. The minimum atomic E-state index is -0.175. The number of amides is 1. The number of rotatable bonds is 2. The molecule has 0 aliphatic carbocycles. The summed E-state index contributed by atoms with van der Waals surface area (Å²) in [5.41, 5.74) is 1.44. The molecule has 0 aliphatic heterocycles. The second kappa shape index (κ2) is 6.20. The number of hydrogen-bond donors (Lipinski definition) is 1. The third-order valence-corrected chi connectivity index (χ3v) is 5.35. The molecule has 0 aliphatic rings. The Morgan fingerprint density at radius 2 is 2.10 bits per heavy atom. The molecule has 0 saturated carbocycles. The van der Waals surface area contributed by atoms with Gasteiger partial charge in [-0.3, -0.25) is 10.1 Å². The van der Waals surface area contributed by atoms with Gasteiger partial charge in [-0.1, -0.05) is 38.9 Å². The van der Waals surface area contributed by atoms with E-state index in [2.05, 4.69) is 48.8 Å². The number of nitrogens with zero attached hydrogens (tertiary/aromatic N) is 1. The molecule has 0 bridgehead atoms. The van der Waals surface area contributed by atoms with Crippen LogP contribution in [0.15, 0.2) is 40.9 Å². The first-order chi connectivity index (χ1) is 10.0. The molecule has 2 aromatic carbocycles. The third-order valence-electron chi connectivity index (χ3n) is 2.74. The Bertz CT molecular complexity index is 852. The summed E-state index contributed by atoms with van der Waals surface area (Å²) in [6.45, 7) is 0. The van der Waals surface area contributed by atoms with E-state index in [9.17, 15) is 4.79 Å². The van der Waals surface area contributed by atoms with Gasteiger partial charge in [0.2, 0.25) is 0 Å². The summed E-state index contributed by atoms with van der Waals surface area (Å²) in [4.78, 5) is 16.7. The Morgan fingerprint density at radius 3 is 2.90 bits per heavy atom. The minimum absolute atomic E-state index is 0.175. The first kappa shape index (κ1) is 15.2. The standard InChI is InChI=1S/C14H7BrClIN2OS/c15-7-1-3-10(17)9(5-7)13(20)19-14-18-11-4-2-8(16)6-12(11)21-14/h1-6H,(H,18,19,20). The molecule has 1 aromatic heterocycles. The van der Waals surface area contributed by atoms with E-state index in [4.69, 9.17) is 11.6 Å². The molecule has 0 radical (unpaired) electrons. The number of thiazole rings is 1. The molecule has 0 atom stereocenters. The van der Waals surface area contributed by atoms with Gasteiger partial charge in [-0.15, -0.1) is 0 Å². The van der Waals surface area contributed by atoms with Crippen molar-refractivity contribution in [3.05, 3.63) is 55.0 Å². The molecule has 0 spiro atoms. The van der Waals surface area contributed by atoms with Gasteiger partial charge < -0.3 is 0 Å². The van der Waals surface area contributed by atoms with Gasteiger partial charge in [-0.05, 0) is 59.0 Å². The number of nitrogens with one attached hydrogen (secondary N) is 1. The van der Waals surface area contributed by atoms with Gasteiger partial charge in [-0.2, -0.15) is 0 Å². The number of carbonyl (C=O) groups is 1. The van der Waals surface area contributed by atoms with E-state index in [-0.39, 0.29) is 5.91 Å². The van der Waals surface area contributed by atoms with Crippen molar-refractivity contribution in [1.82, 2.24) is 4.98 Å². The van der Waals surface area contributed by atoms with Crippen molar-refractivity contribution in [3.63, 3.8) is 0 Å². The maximum atomic E-state index is 12.3. The number of carbonyl (C=O) groups excluding carboxylic acids is 1. The van der Waals surface area contributed by atoms with Crippen LogP contribution in [0.2, 0.25) is 5.02 Å². The fourth-order valence-electron chi connectivity index (χ4n) is 1.79. The Balaban J connectivity index is 1.90. The van der Waals surface area contributed by atoms with Gasteiger partial charge in [-0.25, -0.2) is 4.98 Å². The maximum Gasteiger partial charge on any atom is 0.258 e. The van der Waals surface area contributed by atoms with Crippen molar-refractivity contribution in [1.29, 1.82) is 0 Å². The highest BCUT2D eigenvalue weighted by Gasteiger charge is 2.13. The van der Waals surface area contributed by atoms with Crippen LogP contribution >= 0.6 is 61.5 Å². The Morgan fingerprint density at radius 1 is 1.29 bits per heavy atom. The highest BCUT2D eigenvalue weighted by molar-refractivity contribution is 14.1. The van der Waals surface area contributed by atoms with Gasteiger partial charge in [0.05, 0.1) is 15.8 Å². The second-order valence-corrected chi connectivity index (χ2v) is 7.75. The number of fused-ring (bicyclic) bond motifs is 1.